The van der Waals surface area contributed by atoms with Gasteiger partial charge in [0.1, 0.15) is 17.9 Å². The van der Waals surface area contributed by atoms with E-state index < -0.39 is 28.0 Å². The van der Waals surface area contributed by atoms with Crippen molar-refractivity contribution in [2.24, 2.45) is 0 Å². The molecule has 4 aromatic rings. The van der Waals surface area contributed by atoms with Crippen LogP contribution < -0.4 is 15.8 Å². The third-order valence-corrected chi connectivity index (χ3v) is 8.35. The number of pyridine rings is 1. The predicted molar refractivity (Wildman–Crippen MR) is 154 cm³/mol. The number of amides is 2. The van der Waals surface area contributed by atoms with Gasteiger partial charge in [-0.1, -0.05) is 72.8 Å². The molecule has 2 heterocycles. The molecule has 40 heavy (non-hydrogen) atoms. The van der Waals surface area contributed by atoms with Crippen molar-refractivity contribution in [1.82, 2.24) is 19.9 Å². The summed E-state index contributed by atoms with van der Waals surface area (Å²) in [5, 5.41) is 4.71. The fourth-order valence-electron chi connectivity index (χ4n) is 5.06. The van der Waals surface area contributed by atoms with Crippen molar-refractivity contribution in [3.63, 3.8) is 0 Å². The van der Waals surface area contributed by atoms with Gasteiger partial charge in [0.2, 0.25) is 21.8 Å². The molecule has 1 saturated heterocycles. The molecule has 4 N–H and O–H groups in total. The third kappa shape index (κ3) is 6.30. The molecule has 2 amide bonds. The van der Waals surface area contributed by atoms with Crippen molar-refractivity contribution < 1.29 is 18.0 Å². The molecular formula is C30H31N5O4S. The Morgan fingerprint density at radius 3 is 2.45 bits per heavy atom. The Morgan fingerprint density at radius 2 is 1.70 bits per heavy atom. The van der Waals surface area contributed by atoms with Crippen LogP contribution in [-0.4, -0.2) is 42.7 Å². The van der Waals surface area contributed by atoms with Crippen LogP contribution >= 0.6 is 0 Å². The predicted octanol–water partition coefficient (Wildman–Crippen LogP) is 3.29. The van der Waals surface area contributed by atoms with Crippen molar-refractivity contribution in [3.8, 4) is 0 Å². The summed E-state index contributed by atoms with van der Waals surface area (Å²) in [5.41, 5.74) is 7.95. The third-order valence-electron chi connectivity index (χ3n) is 7.04. The van der Waals surface area contributed by atoms with E-state index in [2.05, 4.69) is 15.0 Å². The zero-order valence-corrected chi connectivity index (χ0v) is 22.7. The van der Waals surface area contributed by atoms with Crippen LogP contribution in [0.25, 0.3) is 10.8 Å². The van der Waals surface area contributed by atoms with E-state index in [0.717, 1.165) is 16.3 Å². The van der Waals surface area contributed by atoms with E-state index in [1.807, 2.05) is 30.3 Å². The molecule has 10 heteroatoms. The first kappa shape index (κ1) is 27.3. The van der Waals surface area contributed by atoms with Crippen molar-refractivity contribution in [2.45, 2.75) is 37.2 Å². The van der Waals surface area contributed by atoms with Crippen LogP contribution in [-0.2, 0) is 31.9 Å². The smallest absolute Gasteiger partial charge is 0.245 e. The fourth-order valence-corrected chi connectivity index (χ4v) is 6.37. The van der Waals surface area contributed by atoms with Crippen LogP contribution in [0.1, 0.15) is 35.6 Å². The summed E-state index contributed by atoms with van der Waals surface area (Å²) in [5.74, 6) is -0.546. The Kier molecular flexibility index (Phi) is 8.09. The zero-order valence-electron chi connectivity index (χ0n) is 21.9. The molecule has 0 saturated carbocycles. The summed E-state index contributed by atoms with van der Waals surface area (Å²) in [4.78, 5) is 32.7. The number of anilines is 1. The number of hydrogen-bond acceptors (Lipinski definition) is 6. The number of sulfonamides is 1. The quantitative estimate of drug-likeness (QED) is 0.289. The Bertz CT molecular complexity index is 1610. The Morgan fingerprint density at radius 1 is 0.975 bits per heavy atom. The summed E-state index contributed by atoms with van der Waals surface area (Å²) < 4.78 is 28.8. The first-order valence-electron chi connectivity index (χ1n) is 13.1. The van der Waals surface area contributed by atoms with E-state index >= 15 is 0 Å². The summed E-state index contributed by atoms with van der Waals surface area (Å²) in [7, 11) is -3.87. The second kappa shape index (κ2) is 11.8. The maximum atomic E-state index is 13.8. The maximum absolute atomic E-state index is 13.8. The Hall–Kier alpha value is -4.28. The lowest BCUT2D eigenvalue weighted by Crippen LogP contribution is -2.50. The van der Waals surface area contributed by atoms with E-state index in [1.54, 1.807) is 60.8 Å². The van der Waals surface area contributed by atoms with Gasteiger partial charge in [-0.25, -0.2) is 13.4 Å². The van der Waals surface area contributed by atoms with Crippen molar-refractivity contribution in [1.29, 1.82) is 0 Å². The van der Waals surface area contributed by atoms with Crippen molar-refractivity contribution in [3.05, 3.63) is 108 Å². The van der Waals surface area contributed by atoms with Gasteiger partial charge in [-0.05, 0) is 47.1 Å². The van der Waals surface area contributed by atoms with E-state index in [1.165, 1.54) is 4.90 Å². The number of aromatic nitrogens is 1. The number of likely N-dealkylation sites (tertiary alicyclic amines) is 1. The van der Waals surface area contributed by atoms with Gasteiger partial charge in [-0.15, -0.1) is 0 Å². The highest BCUT2D eigenvalue weighted by molar-refractivity contribution is 7.88. The molecule has 1 fully saturated rings. The molecule has 0 radical (unpaired) electrons. The van der Waals surface area contributed by atoms with Crippen molar-refractivity contribution in [2.75, 3.05) is 12.3 Å². The van der Waals surface area contributed by atoms with Crippen LogP contribution in [0.4, 0.5) is 5.82 Å². The Labute approximate surface area is 233 Å². The number of carbonyl (C=O) groups excluding carboxylic acids is 2. The minimum absolute atomic E-state index is 0.262. The standard InChI is InChI=1S/C30H31N5O4S/c31-28-25-14-13-22(18-24(25)15-16-32-28)19-33-29(36)26-12-7-17-35(26)30(37)27(23-10-5-2-6-11-23)34-40(38,39)20-21-8-3-1-4-9-21/h1-6,8-11,13-16,18,26-27,34H,7,12,17,19-20H2,(H2,31,32)(H,33,36)/t26-,27+/m0/s1. The van der Waals surface area contributed by atoms with Gasteiger partial charge in [-0.3, -0.25) is 9.59 Å². The van der Waals surface area contributed by atoms with E-state index in [-0.39, 0.29) is 18.2 Å². The van der Waals surface area contributed by atoms with Gasteiger partial charge in [-0.2, -0.15) is 4.72 Å². The molecule has 1 aromatic heterocycles. The maximum Gasteiger partial charge on any atom is 0.245 e. The van der Waals surface area contributed by atoms with Gasteiger partial charge in [0.15, 0.2) is 0 Å². The molecule has 2 atom stereocenters. The van der Waals surface area contributed by atoms with E-state index in [0.29, 0.717) is 36.3 Å². The number of hydrogen-bond donors (Lipinski definition) is 3. The minimum atomic E-state index is -3.87. The molecule has 0 bridgehead atoms. The largest absolute Gasteiger partial charge is 0.383 e. The molecule has 0 spiro atoms. The fraction of sp³-hybridized carbons (Fsp3) is 0.233. The lowest BCUT2D eigenvalue weighted by molar-refractivity contribution is -0.139. The number of fused-ring (bicyclic) bond motifs is 1. The summed E-state index contributed by atoms with van der Waals surface area (Å²) in [6, 6.07) is 23.2. The summed E-state index contributed by atoms with van der Waals surface area (Å²) in [6.07, 6.45) is 2.78. The molecule has 9 nitrogen and oxygen atoms in total. The monoisotopic (exact) mass is 557 g/mol. The molecular weight excluding hydrogens is 526 g/mol. The van der Waals surface area contributed by atoms with Crippen LogP contribution in [0.15, 0.2) is 91.1 Å². The van der Waals surface area contributed by atoms with Crippen molar-refractivity contribution >= 4 is 38.4 Å². The van der Waals surface area contributed by atoms with Crippen LogP contribution in [0.5, 0.6) is 0 Å². The second-order valence-corrected chi connectivity index (χ2v) is 11.6. The summed E-state index contributed by atoms with van der Waals surface area (Å²) >= 11 is 0. The number of carbonyl (C=O) groups is 2. The van der Waals surface area contributed by atoms with Gasteiger partial charge in [0.05, 0.1) is 5.75 Å². The zero-order chi connectivity index (χ0) is 28.1. The first-order valence-corrected chi connectivity index (χ1v) is 14.8. The average molecular weight is 558 g/mol. The number of benzene rings is 3. The lowest BCUT2D eigenvalue weighted by Gasteiger charge is -2.29. The van der Waals surface area contributed by atoms with E-state index in [4.69, 9.17) is 5.73 Å². The summed E-state index contributed by atoms with van der Waals surface area (Å²) in [6.45, 7) is 0.643. The topological polar surface area (TPSA) is 134 Å². The van der Waals surface area contributed by atoms with Gasteiger partial charge < -0.3 is 16.0 Å². The van der Waals surface area contributed by atoms with Gasteiger partial charge >= 0.3 is 0 Å². The number of nitrogens with two attached hydrogens (primary N) is 1. The first-order chi connectivity index (χ1) is 19.3. The Balaban J connectivity index is 1.31. The number of nitrogens with zero attached hydrogens (tertiary/aromatic N) is 2. The SMILES string of the molecule is Nc1nccc2cc(CNC(=O)[C@@H]3CCCN3C(=O)[C@H](NS(=O)(=O)Cc3ccccc3)c3ccccc3)ccc12. The molecule has 3 aromatic carbocycles. The second-order valence-electron chi connectivity index (χ2n) is 9.87. The van der Waals surface area contributed by atoms with Crippen LogP contribution in [0.3, 0.4) is 0 Å². The van der Waals surface area contributed by atoms with Gasteiger partial charge in [0.25, 0.3) is 0 Å². The highest BCUT2D eigenvalue weighted by Gasteiger charge is 2.39. The molecule has 5 rings (SSSR count). The molecule has 0 unspecified atom stereocenters. The highest BCUT2D eigenvalue weighted by Crippen LogP contribution is 2.25. The van der Waals surface area contributed by atoms with Crippen LogP contribution in [0, 0.1) is 0 Å². The average Bonchev–Trinajstić information content (AvgIpc) is 3.45. The highest BCUT2D eigenvalue weighted by atomic mass is 32.2. The van der Waals surface area contributed by atoms with Crippen LogP contribution in [0.2, 0.25) is 0 Å². The molecule has 1 aliphatic heterocycles. The molecule has 1 aliphatic rings. The molecule has 0 aliphatic carbocycles. The van der Waals surface area contributed by atoms with Gasteiger partial charge in [0, 0.05) is 24.7 Å². The number of rotatable bonds is 9. The number of nitrogen functional groups attached to an aromatic ring is 1. The molecule has 206 valence electrons. The normalized spacial score (nSPS) is 16.1. The lowest BCUT2D eigenvalue weighted by atomic mass is 10.1. The minimum Gasteiger partial charge on any atom is -0.383 e. The van der Waals surface area contributed by atoms with E-state index in [9.17, 15) is 18.0 Å². The number of nitrogens with one attached hydrogen (secondary N) is 2.